The van der Waals surface area contributed by atoms with Crippen molar-refractivity contribution < 1.29 is 14.6 Å². The third kappa shape index (κ3) is 4.87. The van der Waals surface area contributed by atoms with E-state index in [1.807, 2.05) is 78.2 Å². The number of ether oxygens (including phenoxy) is 1. The summed E-state index contributed by atoms with van der Waals surface area (Å²) >= 11 is 0. The molecule has 0 fully saturated rings. The minimum Gasteiger partial charge on any atom is -0.491 e. The quantitative estimate of drug-likeness (QED) is 0.413. The van der Waals surface area contributed by atoms with Gasteiger partial charge in [0.15, 0.2) is 11.5 Å². The van der Waals surface area contributed by atoms with Gasteiger partial charge in [-0.2, -0.15) is 0 Å². The van der Waals surface area contributed by atoms with Crippen LogP contribution in [0.2, 0.25) is 0 Å². The van der Waals surface area contributed by atoms with Crippen LogP contribution in [0.25, 0.3) is 17.0 Å². The van der Waals surface area contributed by atoms with Crippen LogP contribution in [-0.2, 0) is 6.54 Å². The average Bonchev–Trinajstić information content (AvgIpc) is 3.22. The lowest BCUT2D eigenvalue weighted by atomic mass is 10.1. The highest BCUT2D eigenvalue weighted by atomic mass is 16.5. The van der Waals surface area contributed by atoms with Crippen LogP contribution in [-0.4, -0.2) is 38.4 Å². The van der Waals surface area contributed by atoms with Gasteiger partial charge in [0.2, 0.25) is 0 Å². The monoisotopic (exact) mass is 431 g/mol. The number of carbonyl (C=O) groups is 1. The van der Waals surface area contributed by atoms with Gasteiger partial charge in [0.1, 0.15) is 12.4 Å². The van der Waals surface area contributed by atoms with Gasteiger partial charge in [-0.3, -0.25) is 4.40 Å². The zero-order valence-electron chi connectivity index (χ0n) is 17.9. The first-order valence-corrected chi connectivity index (χ1v) is 10.4. The van der Waals surface area contributed by atoms with Crippen molar-refractivity contribution in [2.75, 3.05) is 11.9 Å². The molecule has 0 saturated heterocycles. The Morgan fingerprint density at radius 3 is 2.75 bits per heavy atom. The Morgan fingerprint density at radius 2 is 1.94 bits per heavy atom. The molecule has 0 aliphatic heterocycles. The molecule has 0 saturated carbocycles. The fourth-order valence-corrected chi connectivity index (χ4v) is 3.32. The highest BCUT2D eigenvalue weighted by Gasteiger charge is 2.11. The molecule has 2 amide bonds. The van der Waals surface area contributed by atoms with E-state index < -0.39 is 6.10 Å². The summed E-state index contributed by atoms with van der Waals surface area (Å²) in [7, 11) is 0. The van der Waals surface area contributed by atoms with E-state index in [2.05, 4.69) is 20.8 Å². The number of aryl methyl sites for hydroxylation is 1. The number of aromatic nitrogens is 3. The summed E-state index contributed by atoms with van der Waals surface area (Å²) < 4.78 is 7.53. The second-order valence-electron chi connectivity index (χ2n) is 7.56. The Morgan fingerprint density at radius 1 is 1.12 bits per heavy atom. The van der Waals surface area contributed by atoms with Crippen molar-refractivity contribution >= 4 is 17.4 Å². The van der Waals surface area contributed by atoms with Gasteiger partial charge in [-0.15, -0.1) is 10.2 Å². The number of aliphatic hydroxyl groups is 1. The highest BCUT2D eigenvalue weighted by molar-refractivity contribution is 5.90. The highest BCUT2D eigenvalue weighted by Crippen LogP contribution is 2.24. The SMILES string of the molecule is Cc1cc(-c2nnc3ccccn23)ccc1NC(=O)NCc1ccccc1OCC(C)O. The van der Waals surface area contributed by atoms with E-state index >= 15 is 0 Å². The number of fused-ring (bicyclic) bond motifs is 1. The Labute approximate surface area is 185 Å². The van der Waals surface area contributed by atoms with Gasteiger partial charge >= 0.3 is 6.03 Å². The number of para-hydroxylation sites is 1. The Hall–Kier alpha value is -3.91. The molecular weight excluding hydrogens is 406 g/mol. The van der Waals surface area contributed by atoms with E-state index in [0.29, 0.717) is 18.0 Å². The molecule has 1 unspecified atom stereocenters. The van der Waals surface area contributed by atoms with Crippen molar-refractivity contribution in [2.45, 2.75) is 26.5 Å². The van der Waals surface area contributed by atoms with Crippen LogP contribution >= 0.6 is 0 Å². The zero-order chi connectivity index (χ0) is 22.5. The van der Waals surface area contributed by atoms with Crippen molar-refractivity contribution in [3.8, 4) is 17.1 Å². The number of pyridine rings is 1. The van der Waals surface area contributed by atoms with Crippen LogP contribution in [0.1, 0.15) is 18.1 Å². The molecule has 2 heterocycles. The fourth-order valence-electron chi connectivity index (χ4n) is 3.32. The molecule has 0 aliphatic carbocycles. The number of hydrogen-bond acceptors (Lipinski definition) is 5. The number of nitrogens with one attached hydrogen (secondary N) is 2. The van der Waals surface area contributed by atoms with E-state index in [1.165, 1.54) is 0 Å². The summed E-state index contributed by atoms with van der Waals surface area (Å²) in [5, 5.41) is 23.6. The second kappa shape index (κ2) is 9.49. The number of anilines is 1. The topological polar surface area (TPSA) is 101 Å². The number of benzene rings is 2. The molecule has 0 bridgehead atoms. The molecule has 0 aliphatic rings. The molecule has 2 aromatic heterocycles. The predicted molar refractivity (Wildman–Crippen MR) is 123 cm³/mol. The van der Waals surface area contributed by atoms with E-state index in [1.54, 1.807) is 6.92 Å². The average molecular weight is 431 g/mol. The second-order valence-corrected chi connectivity index (χ2v) is 7.56. The molecular formula is C24H25N5O3. The molecule has 0 radical (unpaired) electrons. The van der Waals surface area contributed by atoms with Gasteiger partial charge in [-0.1, -0.05) is 24.3 Å². The van der Waals surface area contributed by atoms with Crippen molar-refractivity contribution in [1.82, 2.24) is 19.9 Å². The van der Waals surface area contributed by atoms with Crippen molar-refractivity contribution in [3.05, 3.63) is 78.0 Å². The van der Waals surface area contributed by atoms with Gasteiger partial charge in [0.05, 0.1) is 6.10 Å². The van der Waals surface area contributed by atoms with Gasteiger partial charge < -0.3 is 20.5 Å². The van der Waals surface area contributed by atoms with E-state index in [4.69, 9.17) is 4.74 Å². The lowest BCUT2D eigenvalue weighted by molar-refractivity contribution is 0.122. The molecule has 32 heavy (non-hydrogen) atoms. The minimum absolute atomic E-state index is 0.191. The summed E-state index contributed by atoms with van der Waals surface area (Å²) in [4.78, 5) is 12.5. The summed E-state index contributed by atoms with van der Waals surface area (Å²) in [6, 6.07) is 18.6. The van der Waals surface area contributed by atoms with Crippen molar-refractivity contribution in [3.63, 3.8) is 0 Å². The first kappa shape index (κ1) is 21.3. The van der Waals surface area contributed by atoms with Gasteiger partial charge in [-0.25, -0.2) is 4.79 Å². The summed E-state index contributed by atoms with van der Waals surface area (Å²) in [5.74, 6) is 1.38. The number of amides is 2. The van der Waals surface area contributed by atoms with Gasteiger partial charge in [0, 0.05) is 29.6 Å². The molecule has 4 aromatic rings. The van der Waals surface area contributed by atoms with Crippen molar-refractivity contribution in [1.29, 1.82) is 0 Å². The van der Waals surface area contributed by atoms with E-state index in [9.17, 15) is 9.90 Å². The maximum Gasteiger partial charge on any atom is 0.319 e. The predicted octanol–water partition coefficient (Wildman–Crippen LogP) is 3.79. The fraction of sp³-hybridized carbons (Fsp3) is 0.208. The lowest BCUT2D eigenvalue weighted by Gasteiger charge is -2.14. The van der Waals surface area contributed by atoms with Crippen LogP contribution in [0.15, 0.2) is 66.9 Å². The summed E-state index contributed by atoms with van der Waals surface area (Å²) in [6.45, 7) is 4.08. The Balaban J connectivity index is 1.41. The first-order valence-electron chi connectivity index (χ1n) is 10.4. The van der Waals surface area contributed by atoms with Crippen LogP contribution in [0, 0.1) is 6.92 Å². The third-order valence-corrected chi connectivity index (χ3v) is 4.94. The molecule has 3 N–H and O–H groups in total. The summed E-state index contributed by atoms with van der Waals surface area (Å²) in [5.41, 5.74) is 4.13. The smallest absolute Gasteiger partial charge is 0.319 e. The normalized spacial score (nSPS) is 11.8. The van der Waals surface area contributed by atoms with Crippen LogP contribution in [0.4, 0.5) is 10.5 Å². The third-order valence-electron chi connectivity index (χ3n) is 4.94. The lowest BCUT2D eigenvalue weighted by Crippen LogP contribution is -2.28. The molecule has 1 atom stereocenters. The molecule has 164 valence electrons. The molecule has 4 rings (SSSR count). The number of rotatable bonds is 7. The first-order chi connectivity index (χ1) is 15.5. The van der Waals surface area contributed by atoms with Gasteiger partial charge in [0.25, 0.3) is 0 Å². The zero-order valence-corrected chi connectivity index (χ0v) is 17.9. The molecule has 8 nitrogen and oxygen atoms in total. The molecule has 0 spiro atoms. The Kier molecular flexibility index (Phi) is 6.32. The van der Waals surface area contributed by atoms with E-state index in [-0.39, 0.29) is 12.6 Å². The standard InChI is InChI=1S/C24H25N5O3/c1-16-13-18(23-28-27-22-9-5-6-12-29(22)23)10-11-20(16)26-24(31)25-14-19-7-3-4-8-21(19)32-15-17(2)30/h3-13,17,30H,14-15H2,1-2H3,(H2,25,26,31). The number of carbonyl (C=O) groups excluding carboxylic acids is 1. The van der Waals surface area contributed by atoms with Crippen LogP contribution in [0.5, 0.6) is 5.75 Å². The Bertz CT molecular complexity index is 1240. The molecule has 8 heteroatoms. The van der Waals surface area contributed by atoms with Gasteiger partial charge in [-0.05, 0) is 55.8 Å². The van der Waals surface area contributed by atoms with E-state index in [0.717, 1.165) is 28.2 Å². The summed E-state index contributed by atoms with van der Waals surface area (Å²) in [6.07, 6.45) is 1.35. The number of nitrogens with zero attached hydrogens (tertiary/aromatic N) is 3. The van der Waals surface area contributed by atoms with Crippen LogP contribution < -0.4 is 15.4 Å². The number of aliphatic hydroxyl groups excluding tert-OH is 1. The van der Waals surface area contributed by atoms with Crippen molar-refractivity contribution in [2.24, 2.45) is 0 Å². The minimum atomic E-state index is -0.569. The maximum absolute atomic E-state index is 12.5. The number of urea groups is 1. The maximum atomic E-state index is 12.5. The largest absolute Gasteiger partial charge is 0.491 e. The molecule has 2 aromatic carbocycles. The van der Waals surface area contributed by atoms with Crippen LogP contribution in [0.3, 0.4) is 0 Å². The number of hydrogen-bond donors (Lipinski definition) is 3.